The Hall–Kier alpha value is -2.61. The smallest absolute Gasteiger partial charge is 0.261 e. The summed E-state index contributed by atoms with van der Waals surface area (Å²) >= 11 is 1.35. The van der Waals surface area contributed by atoms with Gasteiger partial charge in [0.25, 0.3) is 5.91 Å². The summed E-state index contributed by atoms with van der Waals surface area (Å²) in [6.45, 7) is 5.54. The highest BCUT2D eigenvalue weighted by molar-refractivity contribution is 7.15. The molecular weight excluding hydrogens is 329 g/mol. The minimum Gasteiger partial charge on any atom is -0.296 e. The van der Waals surface area contributed by atoms with Crippen molar-refractivity contribution in [3.05, 3.63) is 52.0 Å². The second-order valence-corrected chi connectivity index (χ2v) is 6.30. The van der Waals surface area contributed by atoms with Gasteiger partial charge in [0.1, 0.15) is 10.8 Å². The fourth-order valence-corrected chi connectivity index (χ4v) is 3.09. The summed E-state index contributed by atoms with van der Waals surface area (Å²) in [6, 6.07) is 5.96. The zero-order valence-corrected chi connectivity index (χ0v) is 14.3. The monoisotopic (exact) mass is 345 g/mol. The third-order valence-electron chi connectivity index (χ3n) is 3.58. The number of carbonyl (C=O) groups excluding carboxylic acids is 1. The minimum atomic E-state index is -0.318. The lowest BCUT2D eigenvalue weighted by molar-refractivity contribution is 0.102. The van der Waals surface area contributed by atoms with Crippen LogP contribution in [0.2, 0.25) is 0 Å². The molecule has 0 aliphatic heterocycles. The van der Waals surface area contributed by atoms with Gasteiger partial charge in [-0.15, -0.1) is 10.2 Å². The molecule has 0 atom stereocenters. The Morgan fingerprint density at radius 2 is 1.96 bits per heavy atom. The topological polar surface area (TPSA) is 72.7 Å². The molecular formula is C16H16FN5OS. The van der Waals surface area contributed by atoms with Gasteiger partial charge in [0.2, 0.25) is 5.13 Å². The van der Waals surface area contributed by atoms with E-state index < -0.39 is 0 Å². The van der Waals surface area contributed by atoms with Crippen molar-refractivity contribution >= 4 is 22.4 Å². The first kappa shape index (κ1) is 16.3. The molecule has 1 amide bonds. The molecule has 124 valence electrons. The van der Waals surface area contributed by atoms with E-state index in [1.165, 1.54) is 23.5 Å². The van der Waals surface area contributed by atoms with Crippen LogP contribution in [0.25, 0.3) is 5.69 Å². The van der Waals surface area contributed by atoms with E-state index in [2.05, 4.69) is 20.6 Å². The second kappa shape index (κ2) is 6.48. The number of carbonyl (C=O) groups is 1. The van der Waals surface area contributed by atoms with E-state index in [-0.39, 0.29) is 11.7 Å². The predicted octanol–water partition coefficient (Wildman–Crippen LogP) is 3.29. The van der Waals surface area contributed by atoms with Crippen molar-refractivity contribution in [1.82, 2.24) is 20.0 Å². The third kappa shape index (κ3) is 3.05. The van der Waals surface area contributed by atoms with Gasteiger partial charge >= 0.3 is 0 Å². The van der Waals surface area contributed by atoms with Crippen molar-refractivity contribution in [2.24, 2.45) is 0 Å². The summed E-state index contributed by atoms with van der Waals surface area (Å²) in [7, 11) is 0. The number of aromatic nitrogens is 4. The first-order chi connectivity index (χ1) is 11.5. The quantitative estimate of drug-likeness (QED) is 0.787. The molecule has 0 spiro atoms. The van der Waals surface area contributed by atoms with Crippen LogP contribution in [-0.4, -0.2) is 25.9 Å². The molecule has 3 rings (SSSR count). The highest BCUT2D eigenvalue weighted by Crippen LogP contribution is 2.21. The molecule has 1 N–H and O–H groups in total. The van der Waals surface area contributed by atoms with Crippen molar-refractivity contribution in [3.63, 3.8) is 0 Å². The normalized spacial score (nSPS) is 10.8. The van der Waals surface area contributed by atoms with Gasteiger partial charge in [0.15, 0.2) is 0 Å². The molecule has 0 unspecified atom stereocenters. The van der Waals surface area contributed by atoms with Crippen LogP contribution < -0.4 is 5.32 Å². The molecule has 1 aromatic carbocycles. The third-order valence-corrected chi connectivity index (χ3v) is 4.56. The maximum Gasteiger partial charge on any atom is 0.261 e. The Morgan fingerprint density at radius 3 is 2.58 bits per heavy atom. The van der Waals surface area contributed by atoms with Crippen molar-refractivity contribution in [2.45, 2.75) is 27.2 Å². The molecule has 0 saturated carbocycles. The lowest BCUT2D eigenvalue weighted by Gasteiger charge is -2.05. The number of anilines is 1. The lowest BCUT2D eigenvalue weighted by atomic mass is 10.2. The molecule has 24 heavy (non-hydrogen) atoms. The fraction of sp³-hybridized carbons (Fsp3) is 0.250. The predicted molar refractivity (Wildman–Crippen MR) is 90.2 cm³/mol. The fourth-order valence-electron chi connectivity index (χ4n) is 2.41. The molecule has 0 aliphatic carbocycles. The second-order valence-electron chi connectivity index (χ2n) is 5.24. The maximum absolute atomic E-state index is 13.1. The van der Waals surface area contributed by atoms with Crippen LogP contribution in [0.1, 0.15) is 33.7 Å². The van der Waals surface area contributed by atoms with Crippen LogP contribution in [0.5, 0.6) is 0 Å². The highest BCUT2D eigenvalue weighted by atomic mass is 32.1. The van der Waals surface area contributed by atoms with E-state index in [1.54, 1.807) is 30.7 Å². The van der Waals surface area contributed by atoms with Crippen molar-refractivity contribution in [3.8, 4) is 5.69 Å². The van der Waals surface area contributed by atoms with Gasteiger partial charge in [-0.25, -0.2) is 9.07 Å². The van der Waals surface area contributed by atoms with Crippen molar-refractivity contribution < 1.29 is 9.18 Å². The molecule has 2 aromatic heterocycles. The van der Waals surface area contributed by atoms with E-state index in [0.29, 0.717) is 27.8 Å². The number of benzene rings is 1. The van der Waals surface area contributed by atoms with Crippen LogP contribution in [0.3, 0.4) is 0 Å². The number of aryl methyl sites for hydroxylation is 2. The maximum atomic E-state index is 13.1. The van der Waals surface area contributed by atoms with Gasteiger partial charge in [0, 0.05) is 0 Å². The molecule has 0 fully saturated rings. The molecule has 0 aliphatic rings. The Balaban J connectivity index is 1.90. The molecule has 2 heterocycles. The highest BCUT2D eigenvalue weighted by Gasteiger charge is 2.20. The van der Waals surface area contributed by atoms with Crippen LogP contribution in [0.4, 0.5) is 9.52 Å². The van der Waals surface area contributed by atoms with E-state index in [1.807, 2.05) is 6.92 Å². The number of nitrogens with one attached hydrogen (secondary N) is 1. The lowest BCUT2D eigenvalue weighted by Crippen LogP contribution is -2.14. The molecule has 0 saturated heterocycles. The van der Waals surface area contributed by atoms with Gasteiger partial charge < -0.3 is 0 Å². The van der Waals surface area contributed by atoms with Crippen LogP contribution >= 0.6 is 11.3 Å². The van der Waals surface area contributed by atoms with Crippen LogP contribution in [-0.2, 0) is 6.42 Å². The SMILES string of the molecule is CCc1nnc(NC(=O)c2c(C)nn(-c3ccc(F)cc3)c2C)s1. The average Bonchev–Trinajstić information content (AvgIpc) is 3.12. The van der Waals surface area contributed by atoms with E-state index in [4.69, 9.17) is 0 Å². The summed E-state index contributed by atoms with van der Waals surface area (Å²) in [5, 5.41) is 16.4. The van der Waals surface area contributed by atoms with Gasteiger partial charge in [-0.1, -0.05) is 18.3 Å². The van der Waals surface area contributed by atoms with Crippen LogP contribution in [0.15, 0.2) is 24.3 Å². The molecule has 3 aromatic rings. The number of hydrogen-bond donors (Lipinski definition) is 1. The Labute approximate surface area is 142 Å². The van der Waals surface area contributed by atoms with Crippen molar-refractivity contribution in [2.75, 3.05) is 5.32 Å². The molecule has 0 radical (unpaired) electrons. The molecule has 6 nitrogen and oxygen atoms in total. The average molecular weight is 345 g/mol. The summed E-state index contributed by atoms with van der Waals surface area (Å²) < 4.78 is 14.7. The zero-order valence-electron chi connectivity index (χ0n) is 13.5. The number of rotatable bonds is 4. The summed E-state index contributed by atoms with van der Waals surface area (Å²) in [4.78, 5) is 12.6. The Morgan fingerprint density at radius 1 is 1.25 bits per heavy atom. The van der Waals surface area contributed by atoms with Crippen molar-refractivity contribution in [1.29, 1.82) is 0 Å². The summed E-state index contributed by atoms with van der Waals surface area (Å²) in [6.07, 6.45) is 0.772. The molecule has 8 heteroatoms. The standard InChI is InChI=1S/C16H16FN5OS/c1-4-13-19-20-16(24-13)18-15(23)14-9(2)21-22(10(14)3)12-7-5-11(17)6-8-12/h5-8H,4H2,1-3H3,(H,18,20,23). The number of amides is 1. The number of hydrogen-bond acceptors (Lipinski definition) is 5. The Kier molecular flexibility index (Phi) is 4.39. The van der Waals surface area contributed by atoms with E-state index in [0.717, 1.165) is 11.4 Å². The minimum absolute atomic E-state index is 0.280. The largest absolute Gasteiger partial charge is 0.296 e. The summed E-state index contributed by atoms with van der Waals surface area (Å²) in [5.74, 6) is -0.599. The number of nitrogens with zero attached hydrogens (tertiary/aromatic N) is 4. The first-order valence-corrected chi connectivity index (χ1v) is 8.27. The Bertz CT molecular complexity index is 885. The van der Waals surface area contributed by atoms with E-state index >= 15 is 0 Å². The number of halogens is 1. The van der Waals surface area contributed by atoms with Gasteiger partial charge in [-0.3, -0.25) is 10.1 Å². The van der Waals surface area contributed by atoms with Gasteiger partial charge in [-0.2, -0.15) is 5.10 Å². The summed E-state index contributed by atoms with van der Waals surface area (Å²) in [5.41, 5.74) is 2.44. The molecule has 0 bridgehead atoms. The van der Waals surface area contributed by atoms with E-state index in [9.17, 15) is 9.18 Å². The van der Waals surface area contributed by atoms with Gasteiger partial charge in [-0.05, 0) is 44.5 Å². The first-order valence-electron chi connectivity index (χ1n) is 7.45. The van der Waals surface area contributed by atoms with Crippen LogP contribution in [0, 0.1) is 19.7 Å². The zero-order chi connectivity index (χ0) is 17.3. The van der Waals surface area contributed by atoms with Gasteiger partial charge in [0.05, 0.1) is 22.6 Å².